The summed E-state index contributed by atoms with van der Waals surface area (Å²) in [6, 6.07) is 1.95. The van der Waals surface area contributed by atoms with Crippen molar-refractivity contribution < 1.29 is 0 Å². The number of anilines is 2. The number of aromatic nitrogens is 2. The average molecular weight is 413 g/mol. The number of rotatable bonds is 4. The van der Waals surface area contributed by atoms with Crippen LogP contribution in [0.25, 0.3) is 0 Å². The van der Waals surface area contributed by atoms with Crippen LogP contribution in [0.5, 0.6) is 0 Å². The van der Waals surface area contributed by atoms with E-state index in [2.05, 4.69) is 15.6 Å². The molecule has 0 aliphatic heterocycles. The van der Waals surface area contributed by atoms with Gasteiger partial charge in [0.2, 0.25) is 5.95 Å². The molecule has 9 rings (SSSR count). The number of hydrogen-bond acceptors (Lipinski definition) is 4. The van der Waals surface area contributed by atoms with Gasteiger partial charge in [0.25, 0.3) is 0 Å². The van der Waals surface area contributed by atoms with E-state index in [1.807, 2.05) is 6.07 Å². The molecule has 0 saturated heterocycles. The maximum absolute atomic E-state index is 6.49. The van der Waals surface area contributed by atoms with E-state index in [4.69, 9.17) is 16.6 Å². The summed E-state index contributed by atoms with van der Waals surface area (Å²) in [5.74, 6) is 7.22. The predicted octanol–water partition coefficient (Wildman–Crippen LogP) is 5.89. The highest BCUT2D eigenvalue weighted by Crippen LogP contribution is 2.58. The van der Waals surface area contributed by atoms with Gasteiger partial charge in [-0.05, 0) is 113 Å². The first-order valence-corrected chi connectivity index (χ1v) is 12.5. The zero-order chi connectivity index (χ0) is 19.2. The van der Waals surface area contributed by atoms with Crippen molar-refractivity contribution in [1.82, 2.24) is 9.97 Å². The molecule has 156 valence electrons. The van der Waals surface area contributed by atoms with Gasteiger partial charge in [0.05, 0.1) is 0 Å². The molecule has 8 aliphatic rings. The van der Waals surface area contributed by atoms with Crippen LogP contribution < -0.4 is 10.6 Å². The van der Waals surface area contributed by atoms with E-state index in [0.29, 0.717) is 5.15 Å². The van der Waals surface area contributed by atoms with Gasteiger partial charge < -0.3 is 10.6 Å². The Morgan fingerprint density at radius 1 is 0.655 bits per heavy atom. The highest BCUT2D eigenvalue weighted by atomic mass is 35.5. The van der Waals surface area contributed by atoms with Crippen LogP contribution in [0.3, 0.4) is 0 Å². The van der Waals surface area contributed by atoms with Crippen LogP contribution in [0, 0.1) is 35.5 Å². The lowest BCUT2D eigenvalue weighted by Gasteiger charge is -2.57. The van der Waals surface area contributed by atoms with Crippen molar-refractivity contribution >= 4 is 23.4 Å². The quantitative estimate of drug-likeness (QED) is 0.605. The first kappa shape index (κ1) is 17.6. The highest BCUT2D eigenvalue weighted by Gasteiger charge is 2.52. The molecule has 8 aliphatic carbocycles. The van der Waals surface area contributed by atoms with E-state index in [0.717, 1.165) is 47.3 Å². The standard InChI is InChI=1S/C24H33ClN4/c25-20-7-21(28-23-8-14-1-15(9-23)3-16(2-14)10-23)27-22(26-20)29-24-11-17-4-18(12-24)6-19(5-17)13-24/h7,14-19H,1-6,8-13H2,(H2,26,27,28,29). The molecule has 0 unspecified atom stereocenters. The SMILES string of the molecule is Clc1cc(NC23CC4CC(CC(C4)C2)C3)nc(NC23CC4CC(CC(C4)C2)C3)n1. The molecule has 4 nitrogen and oxygen atoms in total. The molecule has 29 heavy (non-hydrogen) atoms. The second kappa shape index (κ2) is 6.02. The average Bonchev–Trinajstić information content (AvgIpc) is 2.57. The molecule has 0 atom stereocenters. The summed E-state index contributed by atoms with van der Waals surface area (Å²) in [6.45, 7) is 0. The molecule has 8 bridgehead atoms. The molecule has 2 N–H and O–H groups in total. The van der Waals surface area contributed by atoms with Crippen LogP contribution in [-0.2, 0) is 0 Å². The van der Waals surface area contributed by atoms with Gasteiger partial charge in [-0.2, -0.15) is 4.98 Å². The summed E-state index contributed by atoms with van der Waals surface area (Å²) < 4.78 is 0. The minimum atomic E-state index is 0.220. The van der Waals surface area contributed by atoms with Crippen molar-refractivity contribution in [2.24, 2.45) is 35.5 Å². The molecule has 1 aromatic rings. The minimum Gasteiger partial charge on any atom is -0.364 e. The van der Waals surface area contributed by atoms with Crippen molar-refractivity contribution in [3.63, 3.8) is 0 Å². The fourth-order valence-corrected chi connectivity index (χ4v) is 9.76. The van der Waals surface area contributed by atoms with E-state index in [9.17, 15) is 0 Å². The predicted molar refractivity (Wildman–Crippen MR) is 116 cm³/mol. The van der Waals surface area contributed by atoms with Gasteiger partial charge in [-0.3, -0.25) is 0 Å². The van der Waals surface area contributed by atoms with Crippen LogP contribution in [0.4, 0.5) is 11.8 Å². The summed E-state index contributed by atoms with van der Waals surface area (Å²) in [4.78, 5) is 9.58. The molecule has 5 heteroatoms. The van der Waals surface area contributed by atoms with Gasteiger partial charge in [0, 0.05) is 17.1 Å². The van der Waals surface area contributed by atoms with Gasteiger partial charge in [-0.1, -0.05) is 11.6 Å². The molecule has 1 heterocycles. The number of nitrogens with one attached hydrogen (secondary N) is 2. The Morgan fingerprint density at radius 2 is 1.07 bits per heavy atom. The molecule has 0 amide bonds. The summed E-state index contributed by atoms with van der Waals surface area (Å²) >= 11 is 6.49. The van der Waals surface area contributed by atoms with Gasteiger partial charge in [-0.15, -0.1) is 0 Å². The molecule has 1 aromatic heterocycles. The van der Waals surface area contributed by atoms with Crippen molar-refractivity contribution in [3.05, 3.63) is 11.2 Å². The highest BCUT2D eigenvalue weighted by molar-refractivity contribution is 6.29. The fourth-order valence-electron chi connectivity index (χ4n) is 9.57. The van der Waals surface area contributed by atoms with E-state index >= 15 is 0 Å². The van der Waals surface area contributed by atoms with Crippen LogP contribution in [0.1, 0.15) is 77.0 Å². The lowest BCUT2D eigenvalue weighted by atomic mass is 9.53. The second-order valence-electron chi connectivity index (χ2n) is 12.0. The number of halogens is 1. The number of nitrogens with zero attached hydrogens (tertiary/aromatic N) is 2. The van der Waals surface area contributed by atoms with Crippen LogP contribution in [0.15, 0.2) is 6.07 Å². The fraction of sp³-hybridized carbons (Fsp3) is 0.833. The smallest absolute Gasteiger partial charge is 0.226 e. The second-order valence-corrected chi connectivity index (χ2v) is 12.4. The van der Waals surface area contributed by atoms with Crippen LogP contribution in [0.2, 0.25) is 5.15 Å². The van der Waals surface area contributed by atoms with E-state index in [-0.39, 0.29) is 11.1 Å². The third-order valence-corrected chi connectivity index (χ3v) is 9.74. The molecule has 8 saturated carbocycles. The first-order valence-electron chi connectivity index (χ1n) is 12.1. The van der Waals surface area contributed by atoms with Crippen molar-refractivity contribution in [2.75, 3.05) is 10.6 Å². The molecule has 0 radical (unpaired) electrons. The summed E-state index contributed by atoms with van der Waals surface area (Å²) in [5.41, 5.74) is 0.474. The van der Waals surface area contributed by atoms with Gasteiger partial charge in [0.15, 0.2) is 0 Å². The Balaban J connectivity index is 1.14. The van der Waals surface area contributed by atoms with E-state index in [1.54, 1.807) is 0 Å². The third-order valence-electron chi connectivity index (χ3n) is 9.54. The Hall–Kier alpha value is -1.03. The molecule has 8 fully saturated rings. The summed E-state index contributed by atoms with van der Waals surface area (Å²) in [6.07, 6.45) is 16.6. The molecular formula is C24H33ClN4. The summed E-state index contributed by atoms with van der Waals surface area (Å²) in [7, 11) is 0. The van der Waals surface area contributed by atoms with Crippen molar-refractivity contribution in [1.29, 1.82) is 0 Å². The van der Waals surface area contributed by atoms with E-state index < -0.39 is 0 Å². The zero-order valence-corrected chi connectivity index (χ0v) is 18.1. The van der Waals surface area contributed by atoms with Gasteiger partial charge in [-0.25, -0.2) is 4.98 Å². The van der Waals surface area contributed by atoms with Crippen LogP contribution >= 0.6 is 11.6 Å². The lowest BCUT2D eigenvalue weighted by Crippen LogP contribution is -2.55. The third kappa shape index (κ3) is 2.99. The van der Waals surface area contributed by atoms with Gasteiger partial charge >= 0.3 is 0 Å². The first-order chi connectivity index (χ1) is 14.0. The zero-order valence-electron chi connectivity index (χ0n) is 17.3. The Labute approximate surface area is 179 Å². The minimum absolute atomic E-state index is 0.220. The monoisotopic (exact) mass is 412 g/mol. The Kier molecular flexibility index (Phi) is 3.66. The topological polar surface area (TPSA) is 49.8 Å². The maximum atomic E-state index is 6.49. The van der Waals surface area contributed by atoms with E-state index in [1.165, 1.54) is 77.0 Å². The van der Waals surface area contributed by atoms with Gasteiger partial charge in [0.1, 0.15) is 11.0 Å². The largest absolute Gasteiger partial charge is 0.364 e. The van der Waals surface area contributed by atoms with Crippen LogP contribution in [-0.4, -0.2) is 21.0 Å². The lowest BCUT2D eigenvalue weighted by molar-refractivity contribution is 0.0101. The number of hydrogen-bond donors (Lipinski definition) is 2. The Bertz CT molecular complexity index is 701. The van der Waals surface area contributed by atoms with Crippen molar-refractivity contribution in [3.8, 4) is 0 Å². The molecular weight excluding hydrogens is 380 g/mol. The molecule has 0 spiro atoms. The van der Waals surface area contributed by atoms with Crippen molar-refractivity contribution in [2.45, 2.75) is 88.1 Å². The Morgan fingerprint density at radius 3 is 1.52 bits per heavy atom. The molecule has 0 aromatic carbocycles. The maximum Gasteiger partial charge on any atom is 0.226 e. The normalized spacial score (nSPS) is 48.9. The summed E-state index contributed by atoms with van der Waals surface area (Å²) in [5, 5.41) is 8.30.